The summed E-state index contributed by atoms with van der Waals surface area (Å²) in [5, 5.41) is 0. The summed E-state index contributed by atoms with van der Waals surface area (Å²) in [6.45, 7) is 12.1. The van der Waals surface area contributed by atoms with Crippen molar-refractivity contribution in [1.82, 2.24) is 0 Å². The second-order valence-electron chi connectivity index (χ2n) is 7.53. The molecule has 0 amide bonds. The van der Waals surface area contributed by atoms with Crippen LogP contribution in [0.25, 0.3) is 0 Å². The summed E-state index contributed by atoms with van der Waals surface area (Å²) in [6.07, 6.45) is 7.68. The molecule has 0 aromatic rings. The van der Waals surface area contributed by atoms with Crippen molar-refractivity contribution in [2.75, 3.05) is 13.7 Å². The first-order valence-corrected chi connectivity index (χ1v) is 8.44. The molecule has 0 bridgehead atoms. The molecular weight excluding hydrogens is 272 g/mol. The van der Waals surface area contributed by atoms with E-state index in [0.29, 0.717) is 5.92 Å². The van der Waals surface area contributed by atoms with E-state index in [2.05, 4.69) is 40.7 Å². The average Bonchev–Trinajstić information content (AvgIpc) is 2.42. The highest BCUT2D eigenvalue weighted by molar-refractivity contribution is 6.23. The lowest BCUT2D eigenvalue weighted by Crippen LogP contribution is -2.34. The van der Waals surface area contributed by atoms with Crippen molar-refractivity contribution in [3.05, 3.63) is 23.5 Å². The van der Waals surface area contributed by atoms with Gasteiger partial charge in [0.2, 0.25) is 0 Å². The van der Waals surface area contributed by atoms with Crippen molar-refractivity contribution < 1.29 is 4.74 Å². The Bertz CT molecular complexity index is 536. The molecule has 3 heteroatoms. The maximum absolute atomic E-state index is 5.59. The minimum absolute atomic E-state index is 0.0182. The number of rotatable bonds is 5. The molecule has 0 N–H and O–H groups in total. The molecule has 2 rings (SSSR count). The van der Waals surface area contributed by atoms with Crippen molar-refractivity contribution in [1.29, 1.82) is 0 Å². The van der Waals surface area contributed by atoms with Gasteiger partial charge in [-0.15, -0.1) is 0 Å². The monoisotopic (exact) mass is 302 g/mol. The number of ether oxygens (including phenoxy) is 1. The molecule has 0 aromatic heterocycles. The second-order valence-corrected chi connectivity index (χ2v) is 7.53. The number of hydrogen-bond acceptors (Lipinski definition) is 3. The van der Waals surface area contributed by atoms with Gasteiger partial charge in [-0.2, -0.15) is 0 Å². The third-order valence-electron chi connectivity index (χ3n) is 4.29. The average molecular weight is 302 g/mol. The van der Waals surface area contributed by atoms with Crippen LogP contribution in [0.1, 0.15) is 53.9 Å². The van der Waals surface area contributed by atoms with E-state index in [-0.39, 0.29) is 5.54 Å². The number of methoxy groups -OCH3 is 1. The predicted molar refractivity (Wildman–Crippen MR) is 94.8 cm³/mol. The zero-order valence-electron chi connectivity index (χ0n) is 14.9. The van der Waals surface area contributed by atoms with Crippen LogP contribution in [0, 0.1) is 11.8 Å². The van der Waals surface area contributed by atoms with Crippen LogP contribution in [0.2, 0.25) is 0 Å². The first-order valence-electron chi connectivity index (χ1n) is 8.44. The standard InChI is InChI=1S/C19H30N2O/c1-13(2)8-7-9-20-15-10-16-14(3)12-19(4,5)21-18(16)17(11-15)22-6/h10-11,13-14H,7-9,12H2,1-6H3. The molecule has 122 valence electrons. The molecule has 1 atom stereocenters. The number of hydrogen-bond donors (Lipinski definition) is 0. The first-order chi connectivity index (χ1) is 10.3. The third-order valence-corrected chi connectivity index (χ3v) is 4.29. The van der Waals surface area contributed by atoms with Crippen LogP contribution in [0.4, 0.5) is 0 Å². The van der Waals surface area contributed by atoms with E-state index in [0.717, 1.165) is 42.5 Å². The molecule has 1 heterocycles. The third kappa shape index (κ3) is 4.08. The van der Waals surface area contributed by atoms with Crippen molar-refractivity contribution in [3.8, 4) is 0 Å². The minimum Gasteiger partial charge on any atom is -0.494 e. The summed E-state index contributed by atoms with van der Waals surface area (Å²) >= 11 is 0. The second kappa shape index (κ2) is 6.80. The molecule has 2 aliphatic rings. The van der Waals surface area contributed by atoms with Gasteiger partial charge >= 0.3 is 0 Å². The highest BCUT2D eigenvalue weighted by atomic mass is 16.5. The summed E-state index contributed by atoms with van der Waals surface area (Å²) in [5.41, 5.74) is 3.31. The predicted octanol–water partition coefficient (Wildman–Crippen LogP) is 4.59. The molecule has 0 aromatic carbocycles. The van der Waals surface area contributed by atoms with E-state index in [1.54, 1.807) is 7.11 Å². The lowest BCUT2D eigenvalue weighted by molar-refractivity contribution is 0.309. The van der Waals surface area contributed by atoms with Gasteiger partial charge in [-0.1, -0.05) is 20.8 Å². The van der Waals surface area contributed by atoms with E-state index >= 15 is 0 Å². The largest absolute Gasteiger partial charge is 0.494 e. The molecule has 22 heavy (non-hydrogen) atoms. The summed E-state index contributed by atoms with van der Waals surface area (Å²) in [6, 6.07) is 0. The van der Waals surface area contributed by atoms with Crippen LogP contribution in [-0.4, -0.2) is 30.6 Å². The van der Waals surface area contributed by atoms with Crippen LogP contribution in [0.15, 0.2) is 33.5 Å². The molecule has 0 spiro atoms. The van der Waals surface area contributed by atoms with E-state index in [4.69, 9.17) is 14.7 Å². The zero-order chi connectivity index (χ0) is 16.3. The fourth-order valence-electron chi connectivity index (χ4n) is 3.27. The first kappa shape index (κ1) is 17.0. The lowest BCUT2D eigenvalue weighted by Gasteiger charge is -2.35. The molecule has 0 saturated carbocycles. The Kier molecular flexibility index (Phi) is 5.25. The smallest absolute Gasteiger partial charge is 0.146 e. The Labute approximate surface area is 135 Å². The SMILES string of the molecule is COC1=CC(=NCCCC(C)C)C=C2C1=NC(C)(C)CC2C. The molecular formula is C19H30N2O. The maximum atomic E-state index is 5.59. The maximum Gasteiger partial charge on any atom is 0.146 e. The lowest BCUT2D eigenvalue weighted by atomic mass is 9.79. The Balaban J connectivity index is 2.22. The molecule has 1 aliphatic carbocycles. The van der Waals surface area contributed by atoms with Crippen molar-refractivity contribution in [2.45, 2.75) is 59.4 Å². The van der Waals surface area contributed by atoms with Gasteiger partial charge in [0, 0.05) is 12.6 Å². The summed E-state index contributed by atoms with van der Waals surface area (Å²) in [4.78, 5) is 9.64. The highest BCUT2D eigenvalue weighted by Gasteiger charge is 2.34. The van der Waals surface area contributed by atoms with E-state index in [1.165, 1.54) is 12.0 Å². The van der Waals surface area contributed by atoms with Gasteiger partial charge in [-0.3, -0.25) is 9.98 Å². The van der Waals surface area contributed by atoms with Crippen LogP contribution < -0.4 is 0 Å². The van der Waals surface area contributed by atoms with Crippen LogP contribution in [0.5, 0.6) is 0 Å². The minimum atomic E-state index is -0.0182. The molecule has 1 aliphatic heterocycles. The van der Waals surface area contributed by atoms with Crippen molar-refractivity contribution in [2.24, 2.45) is 21.8 Å². The van der Waals surface area contributed by atoms with Gasteiger partial charge in [0.15, 0.2) is 0 Å². The van der Waals surface area contributed by atoms with Crippen molar-refractivity contribution in [3.63, 3.8) is 0 Å². The Morgan fingerprint density at radius 1 is 1.36 bits per heavy atom. The normalized spacial score (nSPS) is 25.5. The molecule has 0 radical (unpaired) electrons. The number of fused-ring (bicyclic) bond motifs is 1. The van der Waals surface area contributed by atoms with E-state index in [9.17, 15) is 0 Å². The van der Waals surface area contributed by atoms with E-state index < -0.39 is 0 Å². The van der Waals surface area contributed by atoms with Gasteiger partial charge in [0.1, 0.15) is 11.5 Å². The summed E-state index contributed by atoms with van der Waals surface area (Å²) < 4.78 is 5.59. The van der Waals surface area contributed by atoms with Gasteiger partial charge in [-0.05, 0) is 56.6 Å². The topological polar surface area (TPSA) is 34.0 Å². The quantitative estimate of drug-likeness (QED) is 0.540. The van der Waals surface area contributed by atoms with Crippen molar-refractivity contribution >= 4 is 11.4 Å². The van der Waals surface area contributed by atoms with Gasteiger partial charge in [0.05, 0.1) is 18.4 Å². The van der Waals surface area contributed by atoms with Gasteiger partial charge < -0.3 is 4.74 Å². The summed E-state index contributed by atoms with van der Waals surface area (Å²) in [5.74, 6) is 2.09. The fraction of sp³-hybridized carbons (Fsp3) is 0.684. The van der Waals surface area contributed by atoms with Crippen LogP contribution in [-0.2, 0) is 4.74 Å². The van der Waals surface area contributed by atoms with Gasteiger partial charge in [0.25, 0.3) is 0 Å². The zero-order valence-corrected chi connectivity index (χ0v) is 14.9. The fourth-order valence-corrected chi connectivity index (χ4v) is 3.27. The number of aliphatic imine (C=N–C) groups is 2. The molecule has 3 nitrogen and oxygen atoms in total. The van der Waals surface area contributed by atoms with Crippen LogP contribution >= 0.6 is 0 Å². The molecule has 0 saturated heterocycles. The molecule has 1 unspecified atom stereocenters. The van der Waals surface area contributed by atoms with E-state index in [1.807, 2.05) is 6.08 Å². The van der Waals surface area contributed by atoms with Crippen LogP contribution in [0.3, 0.4) is 0 Å². The summed E-state index contributed by atoms with van der Waals surface area (Å²) in [7, 11) is 1.72. The number of allylic oxidation sites excluding steroid dienone is 3. The Morgan fingerprint density at radius 3 is 2.73 bits per heavy atom. The highest BCUT2D eigenvalue weighted by Crippen LogP contribution is 2.36. The van der Waals surface area contributed by atoms with Gasteiger partial charge in [-0.25, -0.2) is 0 Å². The Hall–Kier alpha value is -1.38. The molecule has 0 fully saturated rings. The Morgan fingerprint density at radius 2 is 2.09 bits per heavy atom. The number of nitrogens with zero attached hydrogens (tertiary/aromatic N) is 2.